The van der Waals surface area contributed by atoms with E-state index in [0.29, 0.717) is 38.2 Å². The van der Waals surface area contributed by atoms with Crippen LogP contribution in [0.4, 0.5) is 20.7 Å². The Morgan fingerprint density at radius 2 is 2.00 bits per heavy atom. The molecule has 0 radical (unpaired) electrons. The summed E-state index contributed by atoms with van der Waals surface area (Å²) in [5.41, 5.74) is 6.25. The molecule has 10 nitrogen and oxygen atoms in total. The number of nitrogens with one attached hydrogen (secondary N) is 1. The van der Waals surface area contributed by atoms with Crippen molar-refractivity contribution in [3.8, 4) is 6.07 Å². The molecule has 1 aromatic carbocycles. The Bertz CT molecular complexity index is 995. The number of hydrogen-bond donors (Lipinski definition) is 2. The molecule has 3 N–H and O–H groups in total. The summed E-state index contributed by atoms with van der Waals surface area (Å²) in [7, 11) is 1.54. The summed E-state index contributed by atoms with van der Waals surface area (Å²) in [5.74, 6) is -0.762. The molecule has 2 amide bonds. The van der Waals surface area contributed by atoms with Gasteiger partial charge in [0.1, 0.15) is 18.0 Å². The molecule has 0 bridgehead atoms. The zero-order chi connectivity index (χ0) is 23.8. The molecule has 1 aromatic heterocycles. The van der Waals surface area contributed by atoms with Gasteiger partial charge in [-0.3, -0.25) is 9.48 Å². The van der Waals surface area contributed by atoms with Gasteiger partial charge >= 0.3 is 6.09 Å². The van der Waals surface area contributed by atoms with Crippen molar-refractivity contribution in [1.29, 1.82) is 5.26 Å². The highest BCUT2D eigenvalue weighted by Gasteiger charge is 2.31. The number of rotatable bonds is 9. The number of nitrogens with zero attached hydrogens (tertiary/aromatic N) is 4. The molecular weight excluding hydrogens is 431 g/mol. The summed E-state index contributed by atoms with van der Waals surface area (Å²) in [6, 6.07) is 7.50. The number of amides is 2. The molecule has 1 saturated heterocycles. The van der Waals surface area contributed by atoms with Crippen molar-refractivity contribution in [2.45, 2.75) is 25.3 Å². The number of aromatic nitrogens is 2. The van der Waals surface area contributed by atoms with Gasteiger partial charge in [0.25, 0.3) is 5.91 Å². The second-order valence-corrected chi connectivity index (χ2v) is 7.73. The lowest BCUT2D eigenvalue weighted by atomic mass is 9.88. The molecule has 1 aliphatic rings. The van der Waals surface area contributed by atoms with Crippen molar-refractivity contribution in [3.63, 3.8) is 0 Å². The Morgan fingerprint density at radius 3 is 2.61 bits per heavy atom. The average molecular weight is 458 g/mol. The molecule has 2 aromatic rings. The molecule has 0 unspecified atom stereocenters. The number of likely N-dealkylation sites (tertiary alicyclic amines) is 1. The Balaban J connectivity index is 1.73. The number of benzene rings is 1. The average Bonchev–Trinajstić information content (AvgIpc) is 3.23. The number of hydrogen-bond acceptors (Lipinski definition) is 7. The Hall–Kier alpha value is -3.65. The number of carbonyl (C=O) groups is 2. The van der Waals surface area contributed by atoms with Crippen molar-refractivity contribution in [2.75, 3.05) is 38.7 Å². The predicted octanol–water partition coefficient (Wildman–Crippen LogP) is 2.81. The molecule has 1 fully saturated rings. The van der Waals surface area contributed by atoms with E-state index in [9.17, 15) is 19.2 Å². The number of carbonyl (C=O) groups excluding carboxylic acids is 2. The smallest absolute Gasteiger partial charge is 0.409 e. The van der Waals surface area contributed by atoms with Crippen molar-refractivity contribution in [2.24, 2.45) is 11.7 Å². The van der Waals surface area contributed by atoms with E-state index in [1.807, 2.05) is 0 Å². The largest absolute Gasteiger partial charge is 0.447 e. The minimum Gasteiger partial charge on any atom is -0.447 e. The quantitative estimate of drug-likeness (QED) is 0.552. The van der Waals surface area contributed by atoms with Gasteiger partial charge in [0, 0.05) is 32.1 Å². The summed E-state index contributed by atoms with van der Waals surface area (Å²) in [6.07, 6.45) is 2.62. The number of ether oxygens (including phenoxy) is 2. The fourth-order valence-corrected chi connectivity index (χ4v) is 3.84. The first kappa shape index (κ1) is 24.0. The number of methoxy groups -OCH3 is 1. The van der Waals surface area contributed by atoms with Crippen LogP contribution in [0.1, 0.15) is 35.7 Å². The Kier molecular flexibility index (Phi) is 8.21. The van der Waals surface area contributed by atoms with Crippen LogP contribution in [-0.4, -0.2) is 60.1 Å². The van der Waals surface area contributed by atoms with E-state index in [1.54, 1.807) is 9.58 Å². The SMILES string of the molecule is COCCOC(=O)N1CCC([C@H](CC#N)n2cc(C(N)=O)c(Nc3ccc(F)cc3)n2)CC1. The number of nitriles is 1. The van der Waals surface area contributed by atoms with Gasteiger partial charge in [0.05, 0.1) is 25.1 Å². The van der Waals surface area contributed by atoms with Crippen molar-refractivity contribution in [1.82, 2.24) is 14.7 Å². The topological polar surface area (TPSA) is 136 Å². The lowest BCUT2D eigenvalue weighted by Gasteiger charge is -2.34. The molecule has 2 heterocycles. The molecule has 0 saturated carbocycles. The van der Waals surface area contributed by atoms with Crippen molar-refractivity contribution >= 4 is 23.5 Å². The van der Waals surface area contributed by atoms with Crippen LogP contribution in [0, 0.1) is 23.1 Å². The van der Waals surface area contributed by atoms with E-state index in [1.165, 1.54) is 37.6 Å². The van der Waals surface area contributed by atoms with Crippen LogP contribution in [0.2, 0.25) is 0 Å². The van der Waals surface area contributed by atoms with Gasteiger partial charge in [-0.1, -0.05) is 0 Å². The minimum absolute atomic E-state index is 0.0620. The molecule has 3 rings (SSSR count). The van der Waals surface area contributed by atoms with E-state index < -0.39 is 5.91 Å². The fourth-order valence-electron chi connectivity index (χ4n) is 3.84. The zero-order valence-electron chi connectivity index (χ0n) is 18.4. The third-order valence-corrected chi connectivity index (χ3v) is 5.60. The highest BCUT2D eigenvalue weighted by molar-refractivity contribution is 5.98. The monoisotopic (exact) mass is 458 g/mol. The number of primary amides is 1. The van der Waals surface area contributed by atoms with Gasteiger partial charge in [-0.15, -0.1) is 0 Å². The van der Waals surface area contributed by atoms with Gasteiger partial charge in [-0.05, 0) is 43.0 Å². The van der Waals surface area contributed by atoms with E-state index in [-0.39, 0.29) is 48.3 Å². The van der Waals surface area contributed by atoms with Crippen LogP contribution in [0.5, 0.6) is 0 Å². The molecule has 1 atom stereocenters. The van der Waals surface area contributed by atoms with Gasteiger partial charge in [-0.2, -0.15) is 10.4 Å². The maximum absolute atomic E-state index is 13.2. The summed E-state index contributed by atoms with van der Waals surface area (Å²) < 4.78 is 24.8. The molecular formula is C22H27FN6O4. The lowest BCUT2D eigenvalue weighted by molar-refractivity contribution is 0.0587. The van der Waals surface area contributed by atoms with Gasteiger partial charge in [0.15, 0.2) is 5.82 Å². The molecule has 0 aliphatic carbocycles. The van der Waals surface area contributed by atoms with Crippen molar-refractivity contribution < 1.29 is 23.5 Å². The first-order chi connectivity index (χ1) is 15.9. The fraction of sp³-hybridized carbons (Fsp3) is 0.455. The van der Waals surface area contributed by atoms with Crippen LogP contribution < -0.4 is 11.1 Å². The highest BCUT2D eigenvalue weighted by atomic mass is 19.1. The van der Waals surface area contributed by atoms with Crippen LogP contribution in [0.15, 0.2) is 30.5 Å². The van der Waals surface area contributed by atoms with Crippen LogP contribution >= 0.6 is 0 Å². The first-order valence-electron chi connectivity index (χ1n) is 10.6. The summed E-state index contributed by atoms with van der Waals surface area (Å²) in [5, 5.41) is 16.9. The molecule has 176 valence electrons. The molecule has 33 heavy (non-hydrogen) atoms. The maximum atomic E-state index is 13.2. The predicted molar refractivity (Wildman–Crippen MR) is 117 cm³/mol. The lowest BCUT2D eigenvalue weighted by Crippen LogP contribution is -2.41. The Labute approximate surface area is 191 Å². The second kappa shape index (κ2) is 11.3. The van der Waals surface area contributed by atoms with Crippen molar-refractivity contribution in [3.05, 3.63) is 41.8 Å². The van der Waals surface area contributed by atoms with Gasteiger partial charge < -0.3 is 25.4 Å². The summed E-state index contributed by atoms with van der Waals surface area (Å²) in [4.78, 5) is 25.8. The Morgan fingerprint density at radius 1 is 1.30 bits per heavy atom. The van der Waals surface area contributed by atoms with Crippen LogP contribution in [0.3, 0.4) is 0 Å². The number of nitrogens with two attached hydrogens (primary N) is 1. The van der Waals surface area contributed by atoms with Gasteiger partial charge in [-0.25, -0.2) is 9.18 Å². The standard InChI is InChI=1S/C22H27FN6O4/c1-32-12-13-33-22(31)28-10-7-15(8-11-28)19(6-9-24)29-14-18(20(25)30)21(27-29)26-17-4-2-16(23)3-5-17/h2-5,14-15,19H,6-8,10-13H2,1H3,(H2,25,30)(H,26,27)/t19-/m0/s1. The molecule has 11 heteroatoms. The normalized spacial score (nSPS) is 15.0. The van der Waals surface area contributed by atoms with E-state index in [0.717, 1.165) is 0 Å². The second-order valence-electron chi connectivity index (χ2n) is 7.73. The third kappa shape index (κ3) is 6.20. The number of piperidine rings is 1. The molecule has 0 spiro atoms. The highest BCUT2D eigenvalue weighted by Crippen LogP contribution is 2.33. The molecule has 1 aliphatic heterocycles. The number of halogens is 1. The van der Waals surface area contributed by atoms with Crippen LogP contribution in [-0.2, 0) is 9.47 Å². The van der Waals surface area contributed by atoms with E-state index in [2.05, 4.69) is 16.5 Å². The van der Waals surface area contributed by atoms with Gasteiger partial charge in [0.2, 0.25) is 0 Å². The zero-order valence-corrected chi connectivity index (χ0v) is 18.4. The van der Waals surface area contributed by atoms with E-state index >= 15 is 0 Å². The summed E-state index contributed by atoms with van der Waals surface area (Å²) in [6.45, 7) is 1.51. The minimum atomic E-state index is -0.671. The number of anilines is 2. The van der Waals surface area contributed by atoms with E-state index in [4.69, 9.17) is 15.2 Å². The first-order valence-corrected chi connectivity index (χ1v) is 10.6. The maximum Gasteiger partial charge on any atom is 0.409 e. The summed E-state index contributed by atoms with van der Waals surface area (Å²) >= 11 is 0. The third-order valence-electron chi connectivity index (χ3n) is 5.60. The van der Waals surface area contributed by atoms with Crippen LogP contribution in [0.25, 0.3) is 0 Å².